The van der Waals surface area contributed by atoms with Crippen molar-refractivity contribution in [2.75, 3.05) is 6.61 Å². The zero-order chi connectivity index (χ0) is 14.6. The molecule has 0 unspecified atom stereocenters. The van der Waals surface area contributed by atoms with Crippen molar-refractivity contribution in [2.24, 2.45) is 11.1 Å². The summed E-state index contributed by atoms with van der Waals surface area (Å²) in [6.07, 6.45) is 6.81. The van der Waals surface area contributed by atoms with Crippen molar-refractivity contribution in [1.29, 1.82) is 5.41 Å². The fourth-order valence-corrected chi connectivity index (χ4v) is 2.64. The molecule has 3 N–H and O–H groups in total. The molecule has 3 heteroatoms. The molecule has 0 spiro atoms. The van der Waals surface area contributed by atoms with E-state index in [1.54, 1.807) is 0 Å². The van der Waals surface area contributed by atoms with Gasteiger partial charge in [0.15, 0.2) is 0 Å². The van der Waals surface area contributed by atoms with Gasteiger partial charge < -0.3 is 10.5 Å². The van der Waals surface area contributed by atoms with Gasteiger partial charge in [-0.05, 0) is 61.8 Å². The van der Waals surface area contributed by atoms with Gasteiger partial charge in [-0.25, -0.2) is 0 Å². The molecule has 1 aromatic rings. The van der Waals surface area contributed by atoms with E-state index in [-0.39, 0.29) is 11.3 Å². The third kappa shape index (κ3) is 3.75. The summed E-state index contributed by atoms with van der Waals surface area (Å²) in [7, 11) is 0. The van der Waals surface area contributed by atoms with Gasteiger partial charge in [0.1, 0.15) is 5.75 Å². The van der Waals surface area contributed by atoms with Crippen molar-refractivity contribution in [3.63, 3.8) is 0 Å². The Morgan fingerprint density at radius 1 is 1.25 bits per heavy atom. The molecule has 0 radical (unpaired) electrons. The van der Waals surface area contributed by atoms with Gasteiger partial charge in [-0.3, -0.25) is 5.41 Å². The molecule has 0 aromatic heterocycles. The van der Waals surface area contributed by atoms with Gasteiger partial charge in [-0.15, -0.1) is 0 Å². The lowest BCUT2D eigenvalue weighted by Crippen LogP contribution is -2.31. The molecule has 1 aliphatic rings. The minimum atomic E-state index is -0.223. The lowest BCUT2D eigenvalue weighted by Gasteiger charge is -2.22. The molecule has 0 saturated carbocycles. The summed E-state index contributed by atoms with van der Waals surface area (Å²) in [5.41, 5.74) is 8.30. The second kappa shape index (κ2) is 6.29. The fourth-order valence-electron chi connectivity index (χ4n) is 2.64. The SMILES string of the molecule is CC(C)(CCCOc1ccc2c(c1)CCCC2)C(=N)N. The predicted octanol–water partition coefficient (Wildman–Crippen LogP) is 3.69. The number of rotatable bonds is 6. The van der Waals surface area contributed by atoms with Crippen LogP contribution in [0, 0.1) is 10.8 Å². The van der Waals surface area contributed by atoms with Crippen molar-refractivity contribution in [3.05, 3.63) is 29.3 Å². The summed E-state index contributed by atoms with van der Waals surface area (Å²) in [5.74, 6) is 1.23. The molecule has 0 aliphatic heterocycles. The first kappa shape index (κ1) is 14.9. The number of ether oxygens (including phenoxy) is 1. The number of hydrogen-bond acceptors (Lipinski definition) is 2. The molecule has 2 rings (SSSR count). The first-order valence-corrected chi connectivity index (χ1v) is 7.58. The fraction of sp³-hybridized carbons (Fsp3) is 0.588. The number of nitrogens with one attached hydrogen (secondary N) is 1. The maximum Gasteiger partial charge on any atom is 0.119 e. The highest BCUT2D eigenvalue weighted by molar-refractivity contribution is 5.82. The number of nitrogens with two attached hydrogens (primary N) is 1. The molecule has 20 heavy (non-hydrogen) atoms. The van der Waals surface area contributed by atoms with Crippen LogP contribution in [0.25, 0.3) is 0 Å². The highest BCUT2D eigenvalue weighted by Gasteiger charge is 2.20. The summed E-state index contributed by atoms with van der Waals surface area (Å²) in [5, 5.41) is 7.54. The summed E-state index contributed by atoms with van der Waals surface area (Å²) >= 11 is 0. The van der Waals surface area contributed by atoms with E-state index in [1.807, 2.05) is 13.8 Å². The Labute approximate surface area is 122 Å². The van der Waals surface area contributed by atoms with Crippen LogP contribution in [0.15, 0.2) is 18.2 Å². The van der Waals surface area contributed by atoms with Gasteiger partial charge in [0.25, 0.3) is 0 Å². The van der Waals surface area contributed by atoms with Gasteiger partial charge >= 0.3 is 0 Å². The Morgan fingerprint density at radius 3 is 2.65 bits per heavy atom. The van der Waals surface area contributed by atoms with Gasteiger partial charge in [0.05, 0.1) is 12.4 Å². The van der Waals surface area contributed by atoms with Crippen molar-refractivity contribution < 1.29 is 4.74 Å². The van der Waals surface area contributed by atoms with E-state index in [2.05, 4.69) is 18.2 Å². The Morgan fingerprint density at radius 2 is 1.95 bits per heavy atom. The van der Waals surface area contributed by atoms with E-state index in [4.69, 9.17) is 15.9 Å². The Balaban J connectivity index is 1.81. The molecule has 0 bridgehead atoms. The number of benzene rings is 1. The minimum Gasteiger partial charge on any atom is -0.494 e. The number of aryl methyl sites for hydroxylation is 2. The Bertz CT molecular complexity index is 480. The summed E-state index contributed by atoms with van der Waals surface area (Å²) < 4.78 is 5.84. The van der Waals surface area contributed by atoms with Crippen molar-refractivity contribution in [2.45, 2.75) is 52.4 Å². The standard InChI is InChI=1S/C17H26N2O/c1-17(2,16(18)19)10-5-11-20-15-9-8-13-6-3-4-7-14(13)12-15/h8-9,12H,3-7,10-11H2,1-2H3,(H3,18,19). The number of fused-ring (bicyclic) bond motifs is 1. The van der Waals surface area contributed by atoms with Crippen LogP contribution in [0.5, 0.6) is 5.75 Å². The normalized spacial score (nSPS) is 14.7. The molecule has 110 valence electrons. The van der Waals surface area contributed by atoms with Crippen molar-refractivity contribution >= 4 is 5.84 Å². The lowest BCUT2D eigenvalue weighted by atomic mass is 9.87. The lowest BCUT2D eigenvalue weighted by molar-refractivity contribution is 0.286. The van der Waals surface area contributed by atoms with E-state index in [9.17, 15) is 0 Å². The molecule has 0 heterocycles. The molecule has 1 aliphatic carbocycles. The van der Waals surface area contributed by atoms with Crippen LogP contribution in [-0.2, 0) is 12.8 Å². The number of hydrogen-bond donors (Lipinski definition) is 2. The second-order valence-corrected chi connectivity index (χ2v) is 6.39. The Kier molecular flexibility index (Phi) is 4.69. The van der Waals surface area contributed by atoms with E-state index in [0.29, 0.717) is 6.61 Å². The maximum atomic E-state index is 7.54. The van der Waals surface area contributed by atoms with Crippen LogP contribution in [0.3, 0.4) is 0 Å². The topological polar surface area (TPSA) is 59.1 Å². The first-order valence-electron chi connectivity index (χ1n) is 7.58. The van der Waals surface area contributed by atoms with Gasteiger partial charge in [-0.1, -0.05) is 19.9 Å². The van der Waals surface area contributed by atoms with Crippen LogP contribution >= 0.6 is 0 Å². The molecule has 0 amide bonds. The van der Waals surface area contributed by atoms with E-state index in [0.717, 1.165) is 18.6 Å². The molecule has 0 fully saturated rings. The van der Waals surface area contributed by atoms with Crippen LogP contribution < -0.4 is 10.5 Å². The van der Waals surface area contributed by atoms with Crippen molar-refractivity contribution in [3.8, 4) is 5.75 Å². The quantitative estimate of drug-likeness (QED) is 0.472. The first-order chi connectivity index (χ1) is 9.49. The molecule has 0 atom stereocenters. The van der Waals surface area contributed by atoms with Crippen LogP contribution in [0.2, 0.25) is 0 Å². The predicted molar refractivity (Wildman–Crippen MR) is 83.5 cm³/mol. The van der Waals surface area contributed by atoms with Crippen LogP contribution in [0.1, 0.15) is 50.7 Å². The average Bonchev–Trinajstić information content (AvgIpc) is 2.43. The summed E-state index contributed by atoms with van der Waals surface area (Å²) in [4.78, 5) is 0. The second-order valence-electron chi connectivity index (χ2n) is 6.39. The molecule has 3 nitrogen and oxygen atoms in total. The third-order valence-electron chi connectivity index (χ3n) is 4.26. The average molecular weight is 274 g/mol. The smallest absolute Gasteiger partial charge is 0.119 e. The minimum absolute atomic E-state index is 0.223. The molecule has 0 saturated heterocycles. The summed E-state index contributed by atoms with van der Waals surface area (Å²) in [6.45, 7) is 4.71. The largest absolute Gasteiger partial charge is 0.494 e. The van der Waals surface area contributed by atoms with E-state index in [1.165, 1.54) is 36.8 Å². The summed E-state index contributed by atoms with van der Waals surface area (Å²) in [6, 6.07) is 6.49. The molecule has 1 aromatic carbocycles. The van der Waals surface area contributed by atoms with E-state index >= 15 is 0 Å². The number of amidine groups is 1. The zero-order valence-electron chi connectivity index (χ0n) is 12.7. The van der Waals surface area contributed by atoms with Crippen molar-refractivity contribution in [1.82, 2.24) is 0 Å². The third-order valence-corrected chi connectivity index (χ3v) is 4.26. The maximum absolute atomic E-state index is 7.54. The van der Waals surface area contributed by atoms with Crippen LogP contribution in [-0.4, -0.2) is 12.4 Å². The highest BCUT2D eigenvalue weighted by atomic mass is 16.5. The van der Waals surface area contributed by atoms with Gasteiger partial charge in [-0.2, -0.15) is 0 Å². The molecular weight excluding hydrogens is 248 g/mol. The van der Waals surface area contributed by atoms with Gasteiger partial charge in [0, 0.05) is 5.41 Å². The highest BCUT2D eigenvalue weighted by Crippen LogP contribution is 2.26. The Hall–Kier alpha value is -1.51. The molecular formula is C17H26N2O. The monoisotopic (exact) mass is 274 g/mol. The van der Waals surface area contributed by atoms with E-state index < -0.39 is 0 Å². The zero-order valence-corrected chi connectivity index (χ0v) is 12.7. The van der Waals surface area contributed by atoms with Gasteiger partial charge in [0.2, 0.25) is 0 Å². The van der Waals surface area contributed by atoms with Crippen LogP contribution in [0.4, 0.5) is 0 Å².